The van der Waals surface area contributed by atoms with Crippen molar-refractivity contribution in [1.29, 1.82) is 0 Å². The predicted molar refractivity (Wildman–Crippen MR) is 167 cm³/mol. The third kappa shape index (κ3) is 10.9. The van der Waals surface area contributed by atoms with Crippen LogP contribution >= 0.6 is 0 Å². The maximum atomic E-state index is 14.1. The van der Waals surface area contributed by atoms with Crippen molar-refractivity contribution in [3.63, 3.8) is 0 Å². The number of benzene rings is 1. The number of hydrogen-bond donors (Lipinski definition) is 0. The fourth-order valence-electron chi connectivity index (χ4n) is 5.61. The fourth-order valence-corrected chi connectivity index (χ4v) is 5.61. The van der Waals surface area contributed by atoms with E-state index in [9.17, 15) is 45.9 Å². The predicted octanol–water partition coefficient (Wildman–Crippen LogP) is 3.06. The molecule has 14 nitrogen and oxygen atoms in total. The first-order valence-electron chi connectivity index (χ1n) is 16.1. The molecule has 0 N–H and O–H groups in total. The zero-order chi connectivity index (χ0) is 38.0. The van der Waals surface area contributed by atoms with Crippen LogP contribution in [0.15, 0.2) is 29.2 Å². The van der Waals surface area contributed by atoms with E-state index in [1.54, 1.807) is 6.92 Å². The zero-order valence-corrected chi connectivity index (χ0v) is 28.0. The van der Waals surface area contributed by atoms with Gasteiger partial charge in [-0.05, 0) is 37.9 Å². The molecule has 0 unspecified atom stereocenters. The van der Waals surface area contributed by atoms with Crippen molar-refractivity contribution in [3.05, 3.63) is 63.1 Å². The lowest BCUT2D eigenvalue weighted by atomic mass is 10.0. The number of rotatable bonds is 13. The number of aldehydes is 1. The number of ether oxygens (including phenoxy) is 5. The minimum absolute atomic E-state index is 0.0888. The number of halogens is 5. The molecule has 3 aliphatic rings. The molecule has 1 aromatic heterocycles. The highest BCUT2D eigenvalue weighted by molar-refractivity contribution is 6.00. The summed E-state index contributed by atoms with van der Waals surface area (Å²) in [6.45, 7) is 4.40. The van der Waals surface area contributed by atoms with Crippen LogP contribution in [0.2, 0.25) is 0 Å². The summed E-state index contributed by atoms with van der Waals surface area (Å²) in [6, 6.07) is 2.69. The van der Waals surface area contributed by atoms with Crippen molar-refractivity contribution in [3.8, 4) is 5.75 Å². The van der Waals surface area contributed by atoms with Crippen LogP contribution in [0, 0.1) is 11.6 Å². The van der Waals surface area contributed by atoms with E-state index in [1.807, 2.05) is 0 Å². The van der Waals surface area contributed by atoms with E-state index in [-0.39, 0.29) is 61.1 Å². The minimum Gasteiger partial charge on any atom is -0.451 e. The zero-order valence-electron chi connectivity index (χ0n) is 28.0. The summed E-state index contributed by atoms with van der Waals surface area (Å²) in [5, 5.41) is 0. The Bertz CT molecular complexity index is 1690. The number of morpholine rings is 1. The first-order valence-corrected chi connectivity index (χ1v) is 16.1. The summed E-state index contributed by atoms with van der Waals surface area (Å²) in [7, 11) is 0. The second-order valence-corrected chi connectivity index (χ2v) is 11.9. The molecule has 0 spiro atoms. The highest BCUT2D eigenvalue weighted by Gasteiger charge is 2.43. The van der Waals surface area contributed by atoms with Crippen molar-refractivity contribution in [1.82, 2.24) is 14.4 Å². The molecule has 5 rings (SSSR count). The summed E-state index contributed by atoms with van der Waals surface area (Å²) in [5.74, 6) is -3.65. The normalized spacial score (nSPS) is 18.4. The van der Waals surface area contributed by atoms with Gasteiger partial charge in [-0.25, -0.2) is 13.6 Å². The molecule has 0 saturated carbocycles. The van der Waals surface area contributed by atoms with Gasteiger partial charge in [-0.2, -0.15) is 13.2 Å². The van der Waals surface area contributed by atoms with Gasteiger partial charge in [-0.1, -0.05) is 6.07 Å². The standard InChI is InChI=1S/C31H35F2N3O10.C2HF3O/c1-19-16-43-26-15-35-14-23(25(38)7-5-20-4-6-21(32)13-24(20)33)28(39)29(27(35)30(40)36(19)26)45-18-46-31(41)44-17-22(37)3-2-8-34-9-11-42-12-10-34;3-2(4,5)1-6/h4,6,13-14,19,26H,2-3,5,7-12,15-18H2,1H3;1H/t19-,26+;/m0./s1. The Morgan fingerprint density at radius 3 is 2.44 bits per heavy atom. The van der Waals surface area contributed by atoms with Gasteiger partial charge in [-0.15, -0.1) is 0 Å². The molecule has 0 bridgehead atoms. The lowest BCUT2D eigenvalue weighted by Gasteiger charge is -2.34. The molecule has 0 radical (unpaired) electrons. The third-order valence-electron chi connectivity index (χ3n) is 8.18. The van der Waals surface area contributed by atoms with E-state index in [2.05, 4.69) is 4.90 Å². The summed E-state index contributed by atoms with van der Waals surface area (Å²) < 4.78 is 86.3. The molecule has 2 atom stereocenters. The van der Waals surface area contributed by atoms with Crippen molar-refractivity contribution in [2.75, 3.05) is 52.9 Å². The maximum absolute atomic E-state index is 14.1. The average molecular weight is 746 g/mol. The van der Waals surface area contributed by atoms with Crippen molar-refractivity contribution in [2.24, 2.45) is 0 Å². The number of carbonyl (C=O) groups excluding carboxylic acids is 5. The van der Waals surface area contributed by atoms with E-state index >= 15 is 0 Å². The summed E-state index contributed by atoms with van der Waals surface area (Å²) in [4.78, 5) is 76.8. The number of Topliss-reactive ketones (excluding diaryl/α,β-unsaturated/α-hetero) is 2. The largest absolute Gasteiger partial charge is 0.511 e. The number of fused-ring (bicyclic) bond motifs is 2. The van der Waals surface area contributed by atoms with Crippen LogP contribution in [0.5, 0.6) is 5.75 Å². The van der Waals surface area contributed by atoms with Gasteiger partial charge in [0.25, 0.3) is 5.91 Å². The third-order valence-corrected chi connectivity index (χ3v) is 8.18. The number of aryl methyl sites for hydroxylation is 1. The Morgan fingerprint density at radius 1 is 1.06 bits per heavy atom. The first kappa shape index (κ1) is 40.0. The molecular formula is C33H36F5N3O11. The molecule has 19 heteroatoms. The number of hydrogen-bond acceptors (Lipinski definition) is 12. The van der Waals surface area contributed by atoms with E-state index < -0.39 is 72.7 Å². The van der Waals surface area contributed by atoms with Crippen molar-refractivity contribution >= 4 is 29.9 Å². The monoisotopic (exact) mass is 745 g/mol. The van der Waals surface area contributed by atoms with Crippen LogP contribution in [-0.4, -0.2) is 116 Å². The molecule has 284 valence electrons. The Balaban J connectivity index is 0.000000929. The van der Waals surface area contributed by atoms with Gasteiger partial charge in [0.15, 0.2) is 30.1 Å². The number of aromatic nitrogens is 1. The van der Waals surface area contributed by atoms with Gasteiger partial charge in [0.2, 0.25) is 24.3 Å². The topological polar surface area (TPSA) is 160 Å². The Kier molecular flexibility index (Phi) is 14.0. The quantitative estimate of drug-likeness (QED) is 0.0972. The second kappa shape index (κ2) is 18.1. The molecular weight excluding hydrogens is 709 g/mol. The molecule has 1 amide bonds. The van der Waals surface area contributed by atoms with Crippen LogP contribution < -0.4 is 10.2 Å². The van der Waals surface area contributed by atoms with Crippen LogP contribution in [0.25, 0.3) is 0 Å². The highest BCUT2D eigenvalue weighted by Crippen LogP contribution is 2.30. The lowest BCUT2D eigenvalue weighted by Crippen LogP contribution is -2.49. The number of nitrogens with zero attached hydrogens (tertiary/aromatic N) is 3. The van der Waals surface area contributed by atoms with Gasteiger partial charge in [0.05, 0.1) is 38.0 Å². The first-order chi connectivity index (χ1) is 24.7. The number of amides is 1. The van der Waals surface area contributed by atoms with Crippen LogP contribution in [0.4, 0.5) is 26.7 Å². The molecule has 2 aromatic rings. The fraction of sp³-hybridized carbons (Fsp3) is 0.515. The van der Waals surface area contributed by atoms with Crippen LogP contribution in [-0.2, 0) is 41.5 Å². The van der Waals surface area contributed by atoms with Gasteiger partial charge >= 0.3 is 12.3 Å². The molecule has 2 fully saturated rings. The Labute approximate surface area is 293 Å². The van der Waals surface area contributed by atoms with E-state index in [0.29, 0.717) is 25.7 Å². The lowest BCUT2D eigenvalue weighted by molar-refractivity contribution is -0.156. The molecule has 3 aliphatic heterocycles. The van der Waals surface area contributed by atoms with Crippen molar-refractivity contribution in [2.45, 2.75) is 57.6 Å². The molecule has 52 heavy (non-hydrogen) atoms. The Morgan fingerprint density at radius 2 is 1.77 bits per heavy atom. The summed E-state index contributed by atoms with van der Waals surface area (Å²) in [6.07, 6.45) is -5.94. The van der Waals surface area contributed by atoms with Crippen LogP contribution in [0.1, 0.15) is 52.6 Å². The van der Waals surface area contributed by atoms with Gasteiger partial charge in [0, 0.05) is 38.2 Å². The molecule has 4 heterocycles. The maximum Gasteiger partial charge on any atom is 0.511 e. The minimum atomic E-state index is -4.64. The van der Waals surface area contributed by atoms with Gasteiger partial charge in [0.1, 0.15) is 11.6 Å². The highest BCUT2D eigenvalue weighted by atomic mass is 19.4. The number of alkyl halides is 3. The van der Waals surface area contributed by atoms with Gasteiger partial charge in [-0.3, -0.25) is 28.9 Å². The smallest absolute Gasteiger partial charge is 0.451 e. The average Bonchev–Trinajstić information content (AvgIpc) is 3.48. The Hall–Kier alpha value is -4.75. The second-order valence-electron chi connectivity index (χ2n) is 11.9. The van der Waals surface area contributed by atoms with Gasteiger partial charge < -0.3 is 33.2 Å². The van der Waals surface area contributed by atoms with E-state index in [1.165, 1.54) is 21.7 Å². The molecule has 2 saturated heterocycles. The number of carbonyl (C=O) groups is 5. The van der Waals surface area contributed by atoms with Crippen molar-refractivity contribution < 1.29 is 69.6 Å². The molecule has 1 aromatic carbocycles. The summed E-state index contributed by atoms with van der Waals surface area (Å²) >= 11 is 0. The number of ketones is 2. The molecule has 0 aliphatic carbocycles. The SMILES string of the molecule is C[C@H]1CO[C@@H]2Cn3cc(C(=O)CCc4ccc(F)cc4F)c(=O)c(OCOC(=O)OCC(=O)CCCN4CCOCC4)c3C(=O)N12.O=CC(F)(F)F. The summed E-state index contributed by atoms with van der Waals surface area (Å²) in [5.41, 5.74) is -1.33. The van der Waals surface area contributed by atoms with Crippen LogP contribution in [0.3, 0.4) is 0 Å². The van der Waals surface area contributed by atoms with E-state index in [4.69, 9.17) is 28.5 Å². The number of pyridine rings is 1. The van der Waals surface area contributed by atoms with E-state index in [0.717, 1.165) is 25.7 Å².